The minimum atomic E-state index is -4.98. The van der Waals surface area contributed by atoms with E-state index in [-0.39, 0.29) is 25.7 Å². The number of halogens is 7. The monoisotopic (exact) mass is 511 g/mol. The molecule has 1 N–H and O–H groups in total. The highest BCUT2D eigenvalue weighted by atomic mass is 32.2. The molecule has 0 spiro atoms. The lowest BCUT2D eigenvalue weighted by Gasteiger charge is -2.37. The molecular weight excluding hydrogens is 491 g/mol. The molecule has 0 aliphatic heterocycles. The predicted molar refractivity (Wildman–Crippen MR) is 108 cm³/mol. The van der Waals surface area contributed by atoms with E-state index in [1.807, 2.05) is 0 Å². The average Bonchev–Trinajstić information content (AvgIpc) is 2.74. The van der Waals surface area contributed by atoms with Crippen LogP contribution in [0, 0.1) is 5.82 Å². The molecule has 0 aromatic heterocycles. The Morgan fingerprint density at radius 2 is 1.59 bits per heavy atom. The van der Waals surface area contributed by atoms with Crippen molar-refractivity contribution in [3.8, 4) is 0 Å². The van der Waals surface area contributed by atoms with Gasteiger partial charge in [-0.2, -0.15) is 26.3 Å². The quantitative estimate of drug-likeness (QED) is 0.531. The maximum Gasteiger partial charge on any atom is 0.419 e. The van der Waals surface area contributed by atoms with E-state index in [9.17, 15) is 43.9 Å². The van der Waals surface area contributed by atoms with Gasteiger partial charge in [0.25, 0.3) is 5.91 Å². The number of amides is 1. The third-order valence-electron chi connectivity index (χ3n) is 6.03. The molecule has 3 rings (SSSR count). The van der Waals surface area contributed by atoms with Crippen LogP contribution in [0.2, 0.25) is 0 Å². The minimum absolute atomic E-state index is 0.00768. The fourth-order valence-corrected chi connectivity index (χ4v) is 5.80. The van der Waals surface area contributed by atoms with Crippen molar-refractivity contribution in [1.82, 2.24) is 5.32 Å². The van der Waals surface area contributed by atoms with E-state index < -0.39 is 66.3 Å². The van der Waals surface area contributed by atoms with Gasteiger partial charge in [-0.05, 0) is 69.0 Å². The molecule has 1 aliphatic carbocycles. The summed E-state index contributed by atoms with van der Waals surface area (Å²) < 4.78 is 116. The second-order valence-electron chi connectivity index (χ2n) is 8.42. The summed E-state index contributed by atoms with van der Waals surface area (Å²) in [6.45, 7) is 1.41. The van der Waals surface area contributed by atoms with E-state index in [0.717, 1.165) is 24.3 Å². The lowest BCUT2D eigenvalue weighted by molar-refractivity contribution is -0.140. The highest BCUT2D eigenvalue weighted by molar-refractivity contribution is 7.92. The number of hydrogen-bond acceptors (Lipinski definition) is 3. The normalized spacial score (nSPS) is 21.8. The number of carbonyl (C=O) groups excluding carboxylic acids is 1. The van der Waals surface area contributed by atoms with Crippen LogP contribution < -0.4 is 5.32 Å². The van der Waals surface area contributed by atoms with Gasteiger partial charge in [0.1, 0.15) is 5.82 Å². The number of alkyl halides is 6. The van der Waals surface area contributed by atoms with Crippen molar-refractivity contribution in [2.75, 3.05) is 0 Å². The number of nitrogens with one attached hydrogen (secondary N) is 1. The summed E-state index contributed by atoms with van der Waals surface area (Å²) >= 11 is 0. The SMILES string of the molecule is CC1(S(=O)(=O)c2cccc(C(F)(F)F)c2)CCC(NC(=O)c2ccc(F)c(C(F)(F)F)c2)CC1. The molecule has 0 bridgehead atoms. The first kappa shape index (κ1) is 26.0. The summed E-state index contributed by atoms with van der Waals surface area (Å²) in [6.07, 6.45) is -9.41. The largest absolute Gasteiger partial charge is 0.419 e. The molecule has 4 nitrogen and oxygen atoms in total. The highest BCUT2D eigenvalue weighted by Crippen LogP contribution is 2.40. The zero-order valence-corrected chi connectivity index (χ0v) is 18.5. The average molecular weight is 511 g/mol. The van der Waals surface area contributed by atoms with Gasteiger partial charge in [-0.15, -0.1) is 0 Å². The molecule has 1 fully saturated rings. The van der Waals surface area contributed by atoms with E-state index in [2.05, 4.69) is 5.32 Å². The number of carbonyl (C=O) groups is 1. The molecule has 0 radical (unpaired) electrons. The van der Waals surface area contributed by atoms with Crippen LogP contribution in [0.15, 0.2) is 47.4 Å². The van der Waals surface area contributed by atoms with Gasteiger partial charge in [0, 0.05) is 11.6 Å². The van der Waals surface area contributed by atoms with Crippen molar-refractivity contribution < 1.29 is 43.9 Å². The molecule has 186 valence electrons. The van der Waals surface area contributed by atoms with Crippen LogP contribution >= 0.6 is 0 Å². The van der Waals surface area contributed by atoms with Crippen LogP contribution in [0.3, 0.4) is 0 Å². The van der Waals surface area contributed by atoms with Crippen molar-refractivity contribution in [1.29, 1.82) is 0 Å². The molecule has 1 saturated carbocycles. The van der Waals surface area contributed by atoms with Gasteiger partial charge in [-0.3, -0.25) is 4.79 Å². The third-order valence-corrected chi connectivity index (χ3v) is 8.61. The lowest BCUT2D eigenvalue weighted by Crippen LogP contribution is -2.45. The van der Waals surface area contributed by atoms with E-state index in [1.165, 1.54) is 6.92 Å². The smallest absolute Gasteiger partial charge is 0.349 e. The van der Waals surface area contributed by atoms with E-state index in [0.29, 0.717) is 18.2 Å². The van der Waals surface area contributed by atoms with Gasteiger partial charge in [-0.25, -0.2) is 12.8 Å². The molecule has 0 unspecified atom stereocenters. The van der Waals surface area contributed by atoms with Gasteiger partial charge in [0.2, 0.25) is 0 Å². The Hall–Kier alpha value is -2.63. The van der Waals surface area contributed by atoms with Crippen molar-refractivity contribution >= 4 is 15.7 Å². The first-order valence-corrected chi connectivity index (χ1v) is 11.6. The van der Waals surface area contributed by atoms with E-state index >= 15 is 0 Å². The molecule has 1 aliphatic rings. The summed E-state index contributed by atoms with van der Waals surface area (Å²) in [5, 5.41) is 2.52. The number of sulfone groups is 1. The molecule has 2 aromatic carbocycles. The zero-order chi connectivity index (χ0) is 25.5. The fraction of sp³-hybridized carbons (Fsp3) is 0.409. The summed E-state index contributed by atoms with van der Waals surface area (Å²) in [5.74, 6) is -2.39. The molecule has 12 heteroatoms. The van der Waals surface area contributed by atoms with Gasteiger partial charge < -0.3 is 5.32 Å². The fourth-order valence-electron chi connectivity index (χ4n) is 3.92. The van der Waals surface area contributed by atoms with Gasteiger partial charge in [0.05, 0.1) is 20.8 Å². The summed E-state index contributed by atoms with van der Waals surface area (Å²) in [7, 11) is -4.15. The van der Waals surface area contributed by atoms with Crippen LogP contribution in [0.1, 0.15) is 54.1 Å². The molecule has 0 heterocycles. The first-order valence-electron chi connectivity index (χ1n) is 10.1. The number of rotatable bonds is 4. The molecule has 0 saturated heterocycles. The second kappa shape index (κ2) is 8.86. The van der Waals surface area contributed by atoms with Crippen LogP contribution in [-0.2, 0) is 22.2 Å². The molecule has 1 amide bonds. The molecular formula is C22H20F7NO3S. The van der Waals surface area contributed by atoms with Crippen molar-refractivity contribution in [2.24, 2.45) is 0 Å². The number of benzene rings is 2. The van der Waals surface area contributed by atoms with Crippen LogP contribution in [-0.4, -0.2) is 25.1 Å². The van der Waals surface area contributed by atoms with Crippen LogP contribution in [0.25, 0.3) is 0 Å². The lowest BCUT2D eigenvalue weighted by atomic mass is 9.86. The van der Waals surface area contributed by atoms with Gasteiger partial charge in [-0.1, -0.05) is 6.07 Å². The Morgan fingerprint density at radius 3 is 2.15 bits per heavy atom. The molecule has 34 heavy (non-hydrogen) atoms. The van der Waals surface area contributed by atoms with Crippen molar-refractivity contribution in [3.05, 3.63) is 65.0 Å². The summed E-state index contributed by atoms with van der Waals surface area (Å²) in [4.78, 5) is 11.9. The Labute approximate surface area is 191 Å². The first-order chi connectivity index (χ1) is 15.5. The maximum atomic E-state index is 13.4. The minimum Gasteiger partial charge on any atom is -0.349 e. The van der Waals surface area contributed by atoms with Gasteiger partial charge >= 0.3 is 12.4 Å². The maximum absolute atomic E-state index is 13.4. The highest BCUT2D eigenvalue weighted by Gasteiger charge is 2.44. The topological polar surface area (TPSA) is 63.2 Å². The second-order valence-corrected chi connectivity index (χ2v) is 10.9. The summed E-state index contributed by atoms with van der Waals surface area (Å²) in [5.41, 5.74) is -3.07. The third kappa shape index (κ3) is 5.21. The van der Waals surface area contributed by atoms with Crippen LogP contribution in [0.4, 0.5) is 30.7 Å². The summed E-state index contributed by atoms with van der Waals surface area (Å²) in [6, 6.07) is 4.74. The van der Waals surface area contributed by atoms with Gasteiger partial charge in [0.15, 0.2) is 9.84 Å². The Bertz CT molecular complexity index is 1180. The standard InChI is InChI=1S/C22H20F7NO3S/c1-20(34(32,33)16-4-2-3-14(12-16)21(24,25)26)9-7-15(8-10-20)30-19(31)13-5-6-18(23)17(11-13)22(27,28)29/h2-6,11-12,15H,7-10H2,1H3,(H,30,31). The Morgan fingerprint density at radius 1 is 0.971 bits per heavy atom. The van der Waals surface area contributed by atoms with Crippen molar-refractivity contribution in [2.45, 2.75) is 60.6 Å². The predicted octanol–water partition coefficient (Wildman–Crippen LogP) is 5.77. The van der Waals surface area contributed by atoms with E-state index in [4.69, 9.17) is 0 Å². The van der Waals surface area contributed by atoms with Crippen molar-refractivity contribution in [3.63, 3.8) is 0 Å². The van der Waals surface area contributed by atoms with E-state index in [1.54, 1.807) is 0 Å². The number of hydrogen-bond donors (Lipinski definition) is 1. The Balaban J connectivity index is 1.72. The zero-order valence-electron chi connectivity index (χ0n) is 17.7. The molecule has 2 aromatic rings. The van der Waals surface area contributed by atoms with Crippen LogP contribution in [0.5, 0.6) is 0 Å². The Kier molecular flexibility index (Phi) is 6.77. The molecule has 0 atom stereocenters.